The summed E-state index contributed by atoms with van der Waals surface area (Å²) < 4.78 is 0. The van der Waals surface area contributed by atoms with Gasteiger partial charge in [0.1, 0.15) is 5.51 Å². The van der Waals surface area contributed by atoms with E-state index in [0.717, 1.165) is 24.4 Å². The number of hydrogen-bond donors (Lipinski definition) is 2. The largest absolute Gasteiger partial charge is 0.481 e. The van der Waals surface area contributed by atoms with Crippen molar-refractivity contribution in [2.24, 2.45) is 11.8 Å². The summed E-state index contributed by atoms with van der Waals surface area (Å²) in [6, 6.07) is 0. The Labute approximate surface area is 91.5 Å². The van der Waals surface area contributed by atoms with Gasteiger partial charge in [-0.15, -0.1) is 10.2 Å². The molecule has 0 amide bonds. The maximum absolute atomic E-state index is 10.9. The SMILES string of the molecule is O=C(O)C1CCCC1CNc1nncs1. The third kappa shape index (κ3) is 2.44. The fourth-order valence-corrected chi connectivity index (χ4v) is 2.53. The van der Waals surface area contributed by atoms with Crippen LogP contribution in [0.3, 0.4) is 0 Å². The van der Waals surface area contributed by atoms with Crippen molar-refractivity contribution in [1.29, 1.82) is 0 Å². The molecule has 1 aromatic heterocycles. The number of anilines is 1. The molecule has 6 heteroatoms. The summed E-state index contributed by atoms with van der Waals surface area (Å²) in [5.41, 5.74) is 1.66. The number of nitrogens with zero attached hydrogens (tertiary/aromatic N) is 2. The van der Waals surface area contributed by atoms with Crippen LogP contribution in [0.5, 0.6) is 0 Å². The van der Waals surface area contributed by atoms with Crippen LogP contribution < -0.4 is 5.32 Å². The standard InChI is InChI=1S/C9H13N3O2S/c13-8(14)7-3-1-2-6(7)4-10-9-12-11-5-15-9/h5-7H,1-4H2,(H,10,12)(H,13,14). The van der Waals surface area contributed by atoms with E-state index < -0.39 is 5.97 Å². The van der Waals surface area contributed by atoms with Gasteiger partial charge in [0.2, 0.25) is 5.13 Å². The third-order valence-electron chi connectivity index (χ3n) is 2.85. The zero-order valence-corrected chi connectivity index (χ0v) is 9.04. The van der Waals surface area contributed by atoms with Crippen LogP contribution in [0.1, 0.15) is 19.3 Å². The highest BCUT2D eigenvalue weighted by molar-refractivity contribution is 7.13. The smallest absolute Gasteiger partial charge is 0.306 e. The average Bonchev–Trinajstić information content (AvgIpc) is 2.86. The van der Waals surface area contributed by atoms with Crippen LogP contribution in [0.4, 0.5) is 5.13 Å². The number of carbonyl (C=O) groups is 1. The van der Waals surface area contributed by atoms with Gasteiger partial charge in [-0.25, -0.2) is 0 Å². The molecule has 15 heavy (non-hydrogen) atoms. The van der Waals surface area contributed by atoms with Gasteiger partial charge in [-0.1, -0.05) is 17.8 Å². The zero-order valence-electron chi connectivity index (χ0n) is 8.22. The quantitative estimate of drug-likeness (QED) is 0.814. The minimum absolute atomic E-state index is 0.189. The van der Waals surface area contributed by atoms with Crippen LogP contribution >= 0.6 is 11.3 Å². The molecule has 1 aromatic rings. The first-order chi connectivity index (χ1) is 7.27. The van der Waals surface area contributed by atoms with E-state index >= 15 is 0 Å². The number of aromatic nitrogens is 2. The van der Waals surface area contributed by atoms with E-state index in [2.05, 4.69) is 15.5 Å². The Morgan fingerprint density at radius 3 is 3.20 bits per heavy atom. The highest BCUT2D eigenvalue weighted by Crippen LogP contribution is 2.32. The van der Waals surface area contributed by atoms with E-state index in [1.807, 2.05) is 0 Å². The second kappa shape index (κ2) is 4.57. The number of rotatable bonds is 4. The Morgan fingerprint density at radius 1 is 1.67 bits per heavy atom. The lowest BCUT2D eigenvalue weighted by molar-refractivity contribution is -0.142. The van der Waals surface area contributed by atoms with Gasteiger partial charge in [0.15, 0.2) is 0 Å². The molecule has 0 saturated heterocycles. The summed E-state index contributed by atoms with van der Waals surface area (Å²) in [5.74, 6) is -0.631. The highest BCUT2D eigenvalue weighted by atomic mass is 32.1. The minimum atomic E-state index is -0.670. The molecule has 1 fully saturated rings. The maximum Gasteiger partial charge on any atom is 0.306 e. The molecule has 2 N–H and O–H groups in total. The summed E-state index contributed by atoms with van der Waals surface area (Å²) in [6.45, 7) is 0.687. The van der Waals surface area contributed by atoms with E-state index in [1.54, 1.807) is 5.51 Å². The molecule has 5 nitrogen and oxygen atoms in total. The van der Waals surface area contributed by atoms with Crippen molar-refractivity contribution in [3.8, 4) is 0 Å². The van der Waals surface area contributed by atoms with Gasteiger partial charge in [0.25, 0.3) is 0 Å². The maximum atomic E-state index is 10.9. The first-order valence-corrected chi connectivity index (χ1v) is 5.88. The van der Waals surface area contributed by atoms with Crippen molar-refractivity contribution in [2.45, 2.75) is 19.3 Å². The lowest BCUT2D eigenvalue weighted by Crippen LogP contribution is -2.24. The number of aliphatic carboxylic acids is 1. The molecule has 2 unspecified atom stereocenters. The highest BCUT2D eigenvalue weighted by Gasteiger charge is 2.32. The molecule has 2 atom stereocenters. The fraction of sp³-hybridized carbons (Fsp3) is 0.667. The first-order valence-electron chi connectivity index (χ1n) is 5.00. The van der Waals surface area contributed by atoms with Crippen LogP contribution in [0.15, 0.2) is 5.51 Å². The van der Waals surface area contributed by atoms with Crippen LogP contribution in [0, 0.1) is 11.8 Å². The molecule has 0 aliphatic heterocycles. The molecule has 1 saturated carbocycles. The average molecular weight is 227 g/mol. The second-order valence-electron chi connectivity index (χ2n) is 3.76. The third-order valence-corrected chi connectivity index (χ3v) is 3.50. The summed E-state index contributed by atoms with van der Waals surface area (Å²) in [7, 11) is 0. The normalized spacial score (nSPS) is 25.3. The Balaban J connectivity index is 1.86. The van der Waals surface area contributed by atoms with E-state index in [0.29, 0.717) is 6.54 Å². The van der Waals surface area contributed by atoms with Crippen LogP contribution in [0.25, 0.3) is 0 Å². The Bertz CT molecular complexity index is 328. The molecular weight excluding hydrogens is 214 g/mol. The Morgan fingerprint density at radius 2 is 2.53 bits per heavy atom. The molecule has 2 rings (SSSR count). The van der Waals surface area contributed by atoms with Crippen molar-refractivity contribution in [3.05, 3.63) is 5.51 Å². The molecule has 0 radical (unpaired) electrons. The van der Waals surface area contributed by atoms with Gasteiger partial charge >= 0.3 is 5.97 Å². The number of carboxylic acid groups (broad SMARTS) is 1. The van der Waals surface area contributed by atoms with Gasteiger partial charge in [0.05, 0.1) is 5.92 Å². The molecular formula is C9H13N3O2S. The topological polar surface area (TPSA) is 75.1 Å². The van der Waals surface area contributed by atoms with Gasteiger partial charge in [-0.05, 0) is 18.8 Å². The molecule has 1 aliphatic carbocycles. The first kappa shape index (κ1) is 10.4. The molecule has 82 valence electrons. The van der Waals surface area contributed by atoms with E-state index in [9.17, 15) is 4.79 Å². The van der Waals surface area contributed by atoms with Crippen molar-refractivity contribution < 1.29 is 9.90 Å². The van der Waals surface area contributed by atoms with Crippen molar-refractivity contribution in [3.63, 3.8) is 0 Å². The molecule has 1 heterocycles. The van der Waals surface area contributed by atoms with Crippen LogP contribution in [-0.2, 0) is 4.79 Å². The lowest BCUT2D eigenvalue weighted by atomic mass is 9.96. The zero-order chi connectivity index (χ0) is 10.7. The number of nitrogens with one attached hydrogen (secondary N) is 1. The van der Waals surface area contributed by atoms with Gasteiger partial charge in [0, 0.05) is 6.54 Å². The molecule has 1 aliphatic rings. The Hall–Kier alpha value is -1.17. The number of hydrogen-bond acceptors (Lipinski definition) is 5. The van der Waals surface area contributed by atoms with Gasteiger partial charge in [-0.3, -0.25) is 4.79 Å². The van der Waals surface area contributed by atoms with E-state index in [-0.39, 0.29) is 11.8 Å². The predicted molar refractivity (Wildman–Crippen MR) is 56.9 cm³/mol. The van der Waals surface area contributed by atoms with Gasteiger partial charge in [-0.2, -0.15) is 0 Å². The van der Waals surface area contributed by atoms with Crippen LogP contribution in [0.2, 0.25) is 0 Å². The minimum Gasteiger partial charge on any atom is -0.481 e. The monoisotopic (exact) mass is 227 g/mol. The van der Waals surface area contributed by atoms with Gasteiger partial charge < -0.3 is 10.4 Å². The fourth-order valence-electron chi connectivity index (χ4n) is 2.07. The Kier molecular flexibility index (Phi) is 3.15. The number of carboxylic acids is 1. The lowest BCUT2D eigenvalue weighted by Gasteiger charge is -2.15. The van der Waals surface area contributed by atoms with E-state index in [4.69, 9.17) is 5.11 Å². The summed E-state index contributed by atoms with van der Waals surface area (Å²) in [5, 5.41) is 20.5. The van der Waals surface area contributed by atoms with Crippen molar-refractivity contribution in [2.75, 3.05) is 11.9 Å². The summed E-state index contributed by atoms with van der Waals surface area (Å²) in [4.78, 5) is 10.9. The molecule has 0 aromatic carbocycles. The summed E-state index contributed by atoms with van der Waals surface area (Å²) >= 11 is 1.44. The van der Waals surface area contributed by atoms with Crippen molar-refractivity contribution in [1.82, 2.24) is 10.2 Å². The van der Waals surface area contributed by atoms with E-state index in [1.165, 1.54) is 11.3 Å². The van der Waals surface area contributed by atoms with Crippen molar-refractivity contribution >= 4 is 22.4 Å². The predicted octanol–water partition coefficient (Wildman–Crippen LogP) is 1.45. The molecule has 0 spiro atoms. The molecule has 0 bridgehead atoms. The van der Waals surface area contributed by atoms with Crippen LogP contribution in [-0.4, -0.2) is 27.8 Å². The second-order valence-corrected chi connectivity index (χ2v) is 4.59. The summed E-state index contributed by atoms with van der Waals surface area (Å²) in [6.07, 6.45) is 2.81.